The summed E-state index contributed by atoms with van der Waals surface area (Å²) in [6, 6.07) is 17.3. The second-order valence-electron chi connectivity index (χ2n) is 9.59. The van der Waals surface area contributed by atoms with E-state index in [0.29, 0.717) is 24.1 Å². The Kier molecular flexibility index (Phi) is 7.41. The van der Waals surface area contributed by atoms with Crippen molar-refractivity contribution in [2.75, 3.05) is 42.9 Å². The molecule has 1 aliphatic rings. The Morgan fingerprint density at radius 1 is 1.03 bits per heavy atom. The van der Waals surface area contributed by atoms with E-state index >= 15 is 0 Å². The first-order valence-corrected chi connectivity index (χ1v) is 12.9. The van der Waals surface area contributed by atoms with Crippen LogP contribution in [-0.4, -0.2) is 63.4 Å². The highest BCUT2D eigenvalue weighted by Crippen LogP contribution is 2.29. The fourth-order valence-corrected chi connectivity index (χ4v) is 4.89. The molecule has 1 saturated heterocycles. The maximum absolute atomic E-state index is 11.9. The van der Waals surface area contributed by atoms with Crippen LogP contribution in [0.25, 0.3) is 22.0 Å². The minimum absolute atomic E-state index is 0.0464. The molecule has 2 aromatic heterocycles. The third kappa shape index (κ3) is 5.93. The van der Waals surface area contributed by atoms with Crippen LogP contribution in [0.1, 0.15) is 12.5 Å². The monoisotopic (exact) mass is 518 g/mol. The van der Waals surface area contributed by atoms with E-state index in [1.165, 1.54) is 0 Å². The Labute approximate surface area is 221 Å². The van der Waals surface area contributed by atoms with Crippen LogP contribution in [0.5, 0.6) is 0 Å². The van der Waals surface area contributed by atoms with Crippen LogP contribution in [0.2, 0.25) is 5.02 Å². The van der Waals surface area contributed by atoms with Crippen molar-refractivity contribution in [3.8, 4) is 11.1 Å². The van der Waals surface area contributed by atoms with Gasteiger partial charge in [0.15, 0.2) is 0 Å². The summed E-state index contributed by atoms with van der Waals surface area (Å²) in [5.41, 5.74) is 3.79. The number of aliphatic hydroxyl groups is 1. The van der Waals surface area contributed by atoms with Gasteiger partial charge in [-0.1, -0.05) is 29.8 Å². The van der Waals surface area contributed by atoms with Gasteiger partial charge in [-0.3, -0.25) is 9.69 Å². The average Bonchev–Trinajstić information content (AvgIpc) is 2.88. The van der Waals surface area contributed by atoms with E-state index in [1.807, 2.05) is 55.6 Å². The Balaban J connectivity index is 1.49. The zero-order valence-electron chi connectivity index (χ0n) is 21.1. The molecule has 2 N–H and O–H groups in total. The van der Waals surface area contributed by atoms with Crippen LogP contribution in [-0.2, 0) is 13.6 Å². The SMILES string of the molecule is C[C@H](O)CN1CCN(c2nc(NCc3cccc(Cl)c3)c3cc(-c4ccc(=O)n(C)c4)ccc3n2)CC1. The zero-order chi connectivity index (χ0) is 25.9. The molecule has 0 spiro atoms. The maximum Gasteiger partial charge on any atom is 0.250 e. The Bertz CT molecular complexity index is 1460. The van der Waals surface area contributed by atoms with Gasteiger partial charge in [-0.2, -0.15) is 4.98 Å². The van der Waals surface area contributed by atoms with Crippen molar-refractivity contribution in [3.63, 3.8) is 0 Å². The van der Waals surface area contributed by atoms with Crippen molar-refractivity contribution in [2.45, 2.75) is 19.6 Å². The van der Waals surface area contributed by atoms with Gasteiger partial charge in [0, 0.05) is 69.0 Å². The summed E-state index contributed by atoms with van der Waals surface area (Å²) < 4.78 is 1.58. The summed E-state index contributed by atoms with van der Waals surface area (Å²) >= 11 is 6.20. The van der Waals surface area contributed by atoms with E-state index < -0.39 is 0 Å². The maximum atomic E-state index is 11.9. The number of piperazine rings is 1. The van der Waals surface area contributed by atoms with Gasteiger partial charge in [-0.15, -0.1) is 0 Å². The number of β-amino-alcohol motifs (C(OH)–C–C–N with tert-alkyl or cyclic N) is 1. The van der Waals surface area contributed by atoms with E-state index in [1.54, 1.807) is 17.7 Å². The second kappa shape index (κ2) is 10.9. The van der Waals surface area contributed by atoms with Crippen LogP contribution in [0, 0.1) is 0 Å². The molecule has 192 valence electrons. The number of benzene rings is 2. The lowest BCUT2D eigenvalue weighted by molar-refractivity contribution is 0.122. The number of nitrogens with zero attached hydrogens (tertiary/aromatic N) is 5. The van der Waals surface area contributed by atoms with Gasteiger partial charge in [0.1, 0.15) is 5.82 Å². The number of fused-ring (bicyclic) bond motifs is 1. The molecule has 1 fully saturated rings. The first kappa shape index (κ1) is 25.2. The summed E-state index contributed by atoms with van der Waals surface area (Å²) in [5.74, 6) is 1.44. The van der Waals surface area contributed by atoms with E-state index in [9.17, 15) is 9.90 Å². The van der Waals surface area contributed by atoms with Crippen molar-refractivity contribution >= 4 is 34.3 Å². The molecule has 0 radical (unpaired) electrons. The van der Waals surface area contributed by atoms with Gasteiger partial charge in [-0.25, -0.2) is 4.98 Å². The summed E-state index contributed by atoms with van der Waals surface area (Å²) in [5, 5.41) is 14.8. The van der Waals surface area contributed by atoms with Crippen LogP contribution < -0.4 is 15.8 Å². The lowest BCUT2D eigenvalue weighted by Crippen LogP contribution is -2.48. The number of halogens is 1. The first-order valence-electron chi connectivity index (χ1n) is 12.5. The van der Waals surface area contributed by atoms with Crippen molar-refractivity contribution in [1.29, 1.82) is 0 Å². The van der Waals surface area contributed by atoms with Crippen molar-refractivity contribution < 1.29 is 5.11 Å². The molecule has 0 unspecified atom stereocenters. The fraction of sp³-hybridized carbons (Fsp3) is 0.321. The van der Waals surface area contributed by atoms with E-state index in [4.69, 9.17) is 21.6 Å². The van der Waals surface area contributed by atoms with E-state index in [0.717, 1.165) is 59.6 Å². The molecule has 4 aromatic rings. The normalized spacial score (nSPS) is 15.2. The van der Waals surface area contributed by atoms with Crippen LogP contribution in [0.4, 0.5) is 11.8 Å². The molecule has 5 rings (SSSR count). The highest BCUT2D eigenvalue weighted by molar-refractivity contribution is 6.30. The highest BCUT2D eigenvalue weighted by atomic mass is 35.5. The lowest BCUT2D eigenvalue weighted by atomic mass is 10.0. The quantitative estimate of drug-likeness (QED) is 0.385. The molecule has 2 aromatic carbocycles. The molecule has 8 nitrogen and oxygen atoms in total. The lowest BCUT2D eigenvalue weighted by Gasteiger charge is -2.35. The van der Waals surface area contributed by atoms with Gasteiger partial charge in [0.25, 0.3) is 0 Å². The van der Waals surface area contributed by atoms with Crippen LogP contribution in [0.15, 0.2) is 65.6 Å². The highest BCUT2D eigenvalue weighted by Gasteiger charge is 2.21. The minimum Gasteiger partial charge on any atom is -0.392 e. The summed E-state index contributed by atoms with van der Waals surface area (Å²) in [4.78, 5) is 26.2. The summed E-state index contributed by atoms with van der Waals surface area (Å²) in [6.07, 6.45) is 1.50. The Morgan fingerprint density at radius 3 is 2.54 bits per heavy atom. The number of hydrogen-bond donors (Lipinski definition) is 2. The topological polar surface area (TPSA) is 86.5 Å². The van der Waals surface area contributed by atoms with Gasteiger partial charge in [0.05, 0.1) is 11.6 Å². The van der Waals surface area contributed by atoms with E-state index in [2.05, 4.69) is 21.2 Å². The Hall–Kier alpha value is -3.46. The number of nitrogens with one attached hydrogen (secondary N) is 1. The van der Waals surface area contributed by atoms with Crippen LogP contribution in [0.3, 0.4) is 0 Å². The number of aromatic nitrogens is 3. The van der Waals surface area contributed by atoms with E-state index in [-0.39, 0.29) is 11.7 Å². The fourth-order valence-electron chi connectivity index (χ4n) is 4.67. The molecule has 0 aliphatic carbocycles. The molecule has 9 heteroatoms. The number of rotatable bonds is 7. The predicted octanol–water partition coefficient (Wildman–Crippen LogP) is 3.76. The number of aliphatic hydroxyl groups excluding tert-OH is 1. The molecule has 37 heavy (non-hydrogen) atoms. The standard InChI is InChI=1S/C28H31ClN6O2/c1-19(36)17-34-10-12-35(13-11-34)28-31-25-8-6-21(22-7-9-26(37)33(2)18-22)15-24(25)27(32-28)30-16-20-4-3-5-23(29)14-20/h3-9,14-15,18-19,36H,10-13,16-17H2,1-2H3,(H,30,31,32)/t19-/m0/s1. The minimum atomic E-state index is -0.341. The van der Waals surface area contributed by atoms with Crippen molar-refractivity contribution in [1.82, 2.24) is 19.4 Å². The van der Waals surface area contributed by atoms with Crippen LogP contribution >= 0.6 is 11.6 Å². The van der Waals surface area contributed by atoms with Gasteiger partial charge in [0.2, 0.25) is 11.5 Å². The molecule has 1 atom stereocenters. The van der Waals surface area contributed by atoms with Gasteiger partial charge in [-0.05, 0) is 53.9 Å². The van der Waals surface area contributed by atoms with Crippen molar-refractivity contribution in [3.05, 3.63) is 81.7 Å². The van der Waals surface area contributed by atoms with Gasteiger partial charge < -0.3 is 19.9 Å². The molecular formula is C28H31ClN6O2. The average molecular weight is 519 g/mol. The Morgan fingerprint density at radius 2 is 1.81 bits per heavy atom. The molecule has 3 heterocycles. The number of hydrogen-bond acceptors (Lipinski definition) is 7. The van der Waals surface area contributed by atoms with Gasteiger partial charge >= 0.3 is 0 Å². The molecular weight excluding hydrogens is 488 g/mol. The number of pyridine rings is 1. The summed E-state index contributed by atoms with van der Waals surface area (Å²) in [6.45, 7) is 6.35. The third-order valence-electron chi connectivity index (χ3n) is 6.63. The predicted molar refractivity (Wildman–Crippen MR) is 149 cm³/mol. The first-order chi connectivity index (χ1) is 17.9. The molecule has 0 saturated carbocycles. The third-order valence-corrected chi connectivity index (χ3v) is 6.86. The number of anilines is 2. The van der Waals surface area contributed by atoms with Crippen molar-refractivity contribution in [2.24, 2.45) is 7.05 Å². The second-order valence-corrected chi connectivity index (χ2v) is 10.0. The smallest absolute Gasteiger partial charge is 0.250 e. The molecule has 0 bridgehead atoms. The molecule has 0 amide bonds. The molecule has 1 aliphatic heterocycles. The summed E-state index contributed by atoms with van der Waals surface area (Å²) in [7, 11) is 1.75. The zero-order valence-corrected chi connectivity index (χ0v) is 21.8. The largest absolute Gasteiger partial charge is 0.392 e. The number of aryl methyl sites for hydroxylation is 1.